The molecule has 0 amide bonds. The van der Waals surface area contributed by atoms with Crippen molar-refractivity contribution >= 4 is 11.9 Å². The van der Waals surface area contributed by atoms with E-state index in [1.54, 1.807) is 13.8 Å². The summed E-state index contributed by atoms with van der Waals surface area (Å²) in [5, 5.41) is 9.88. The standard InChI is InChI=1S/C19H36O5/c1-5-6-7-8-9-10-11-12-13-14-16(20)24-18(15(2)3)17(21)19(22)23-4/h15,17-18,21H,5-14H2,1-4H3. The highest BCUT2D eigenvalue weighted by atomic mass is 16.6. The van der Waals surface area contributed by atoms with Gasteiger partial charge in [-0.15, -0.1) is 0 Å². The number of methoxy groups -OCH3 is 1. The molecule has 2 unspecified atom stereocenters. The van der Waals surface area contributed by atoms with E-state index in [2.05, 4.69) is 11.7 Å². The van der Waals surface area contributed by atoms with Crippen LogP contribution in [-0.2, 0) is 19.1 Å². The van der Waals surface area contributed by atoms with Gasteiger partial charge in [-0.1, -0.05) is 72.1 Å². The van der Waals surface area contributed by atoms with Crippen molar-refractivity contribution in [1.82, 2.24) is 0 Å². The van der Waals surface area contributed by atoms with E-state index in [1.807, 2.05) is 0 Å². The summed E-state index contributed by atoms with van der Waals surface area (Å²) in [6.45, 7) is 5.80. The third kappa shape index (κ3) is 10.6. The lowest BCUT2D eigenvalue weighted by molar-refractivity contribution is -0.171. The summed E-state index contributed by atoms with van der Waals surface area (Å²) < 4.78 is 9.78. The number of aliphatic hydroxyl groups excluding tert-OH is 1. The third-order valence-corrected chi connectivity index (χ3v) is 4.16. The van der Waals surface area contributed by atoms with Gasteiger partial charge in [-0.25, -0.2) is 4.79 Å². The highest BCUT2D eigenvalue weighted by molar-refractivity contribution is 5.76. The maximum absolute atomic E-state index is 11.9. The van der Waals surface area contributed by atoms with Crippen LogP contribution < -0.4 is 0 Å². The zero-order chi connectivity index (χ0) is 18.4. The molecular weight excluding hydrogens is 308 g/mol. The van der Waals surface area contributed by atoms with Crippen molar-refractivity contribution in [2.24, 2.45) is 5.92 Å². The molecule has 0 aliphatic rings. The fourth-order valence-corrected chi connectivity index (χ4v) is 2.61. The fraction of sp³-hybridized carbons (Fsp3) is 0.895. The van der Waals surface area contributed by atoms with Crippen LogP contribution in [0.5, 0.6) is 0 Å². The van der Waals surface area contributed by atoms with Crippen molar-refractivity contribution in [1.29, 1.82) is 0 Å². The summed E-state index contributed by atoms with van der Waals surface area (Å²) in [5.41, 5.74) is 0. The molecule has 0 saturated carbocycles. The third-order valence-electron chi connectivity index (χ3n) is 4.16. The van der Waals surface area contributed by atoms with E-state index in [9.17, 15) is 14.7 Å². The van der Waals surface area contributed by atoms with Crippen LogP contribution in [0.15, 0.2) is 0 Å². The van der Waals surface area contributed by atoms with Gasteiger partial charge in [0.1, 0.15) is 6.10 Å². The molecule has 0 fully saturated rings. The summed E-state index contributed by atoms with van der Waals surface area (Å²) in [4.78, 5) is 23.3. The summed E-state index contributed by atoms with van der Waals surface area (Å²) in [6.07, 6.45) is 8.67. The predicted molar refractivity (Wildman–Crippen MR) is 94.6 cm³/mol. The molecule has 24 heavy (non-hydrogen) atoms. The van der Waals surface area contributed by atoms with Crippen LogP contribution in [0.3, 0.4) is 0 Å². The van der Waals surface area contributed by atoms with Gasteiger partial charge >= 0.3 is 11.9 Å². The number of unbranched alkanes of at least 4 members (excludes halogenated alkanes) is 8. The Bertz CT molecular complexity index is 341. The molecule has 0 heterocycles. The number of ether oxygens (including phenoxy) is 2. The number of esters is 2. The smallest absolute Gasteiger partial charge is 0.338 e. The zero-order valence-electron chi connectivity index (χ0n) is 15.9. The quantitative estimate of drug-likeness (QED) is 0.381. The Morgan fingerprint density at radius 3 is 1.88 bits per heavy atom. The number of rotatable bonds is 14. The molecule has 0 aromatic heterocycles. The van der Waals surface area contributed by atoms with Crippen molar-refractivity contribution in [3.8, 4) is 0 Å². The van der Waals surface area contributed by atoms with E-state index < -0.39 is 18.2 Å². The van der Waals surface area contributed by atoms with Gasteiger partial charge < -0.3 is 14.6 Å². The van der Waals surface area contributed by atoms with Crippen LogP contribution in [0.1, 0.15) is 85.0 Å². The lowest BCUT2D eigenvalue weighted by Gasteiger charge is -2.24. The van der Waals surface area contributed by atoms with E-state index in [0.717, 1.165) is 19.3 Å². The van der Waals surface area contributed by atoms with Crippen LogP contribution in [-0.4, -0.2) is 36.4 Å². The van der Waals surface area contributed by atoms with Gasteiger partial charge in [0.2, 0.25) is 0 Å². The molecule has 5 heteroatoms. The van der Waals surface area contributed by atoms with E-state index in [-0.39, 0.29) is 11.9 Å². The molecule has 0 rings (SSSR count). The van der Waals surface area contributed by atoms with Gasteiger partial charge in [0, 0.05) is 6.42 Å². The SMILES string of the molecule is CCCCCCCCCCCC(=O)OC(C(C)C)C(O)C(=O)OC. The van der Waals surface area contributed by atoms with Crippen molar-refractivity contribution in [3.05, 3.63) is 0 Å². The van der Waals surface area contributed by atoms with E-state index in [4.69, 9.17) is 4.74 Å². The maximum atomic E-state index is 11.9. The second-order valence-electron chi connectivity index (χ2n) is 6.74. The number of hydrogen-bond acceptors (Lipinski definition) is 5. The number of aliphatic hydroxyl groups is 1. The molecule has 1 N–H and O–H groups in total. The summed E-state index contributed by atoms with van der Waals surface area (Å²) >= 11 is 0. The Balaban J connectivity index is 3.88. The molecule has 0 aromatic carbocycles. The molecule has 2 atom stereocenters. The number of carbonyl (C=O) groups is 2. The topological polar surface area (TPSA) is 72.8 Å². The largest absolute Gasteiger partial charge is 0.467 e. The first-order valence-electron chi connectivity index (χ1n) is 9.39. The van der Waals surface area contributed by atoms with Gasteiger partial charge in [0.25, 0.3) is 0 Å². The molecule has 0 radical (unpaired) electrons. The maximum Gasteiger partial charge on any atom is 0.338 e. The van der Waals surface area contributed by atoms with Crippen molar-refractivity contribution in [2.45, 2.75) is 97.2 Å². The minimum Gasteiger partial charge on any atom is -0.467 e. The second kappa shape index (κ2) is 14.3. The fourth-order valence-electron chi connectivity index (χ4n) is 2.61. The monoisotopic (exact) mass is 344 g/mol. The van der Waals surface area contributed by atoms with Gasteiger partial charge in [-0.05, 0) is 12.3 Å². The molecule has 0 aromatic rings. The minimum absolute atomic E-state index is 0.161. The predicted octanol–water partition coefficient (Wildman–Crippen LogP) is 4.01. The lowest BCUT2D eigenvalue weighted by atomic mass is 10.0. The molecule has 0 aliphatic carbocycles. The van der Waals surface area contributed by atoms with Gasteiger partial charge in [-0.3, -0.25) is 4.79 Å². The minimum atomic E-state index is -1.43. The molecule has 0 saturated heterocycles. The molecule has 0 aliphatic heterocycles. The summed E-state index contributed by atoms with van der Waals surface area (Å²) in [5.74, 6) is -1.30. The Kier molecular flexibility index (Phi) is 13.6. The van der Waals surface area contributed by atoms with Crippen LogP contribution >= 0.6 is 0 Å². The summed E-state index contributed by atoms with van der Waals surface area (Å²) in [7, 11) is 1.20. The van der Waals surface area contributed by atoms with Crippen molar-refractivity contribution < 1.29 is 24.2 Å². The number of carbonyl (C=O) groups excluding carboxylic acids is 2. The Hall–Kier alpha value is -1.10. The van der Waals surface area contributed by atoms with Crippen LogP contribution in [0.4, 0.5) is 0 Å². The normalized spacial score (nSPS) is 13.6. The molecular formula is C19H36O5. The van der Waals surface area contributed by atoms with E-state index in [1.165, 1.54) is 45.6 Å². The average Bonchev–Trinajstić information content (AvgIpc) is 2.56. The highest BCUT2D eigenvalue weighted by Gasteiger charge is 2.32. The molecule has 0 spiro atoms. The summed E-state index contributed by atoms with van der Waals surface area (Å²) in [6, 6.07) is 0. The van der Waals surface area contributed by atoms with Crippen LogP contribution in [0.2, 0.25) is 0 Å². The zero-order valence-corrected chi connectivity index (χ0v) is 15.9. The lowest BCUT2D eigenvalue weighted by Crippen LogP contribution is -2.41. The number of hydrogen-bond donors (Lipinski definition) is 1. The van der Waals surface area contributed by atoms with Crippen LogP contribution in [0.25, 0.3) is 0 Å². The van der Waals surface area contributed by atoms with Crippen LogP contribution in [0, 0.1) is 5.92 Å². The molecule has 0 bridgehead atoms. The van der Waals surface area contributed by atoms with Crippen molar-refractivity contribution in [3.63, 3.8) is 0 Å². The first kappa shape index (κ1) is 22.9. The Morgan fingerprint density at radius 2 is 1.42 bits per heavy atom. The first-order valence-corrected chi connectivity index (χ1v) is 9.39. The second-order valence-corrected chi connectivity index (χ2v) is 6.74. The Labute approximate surface area is 147 Å². The van der Waals surface area contributed by atoms with E-state index in [0.29, 0.717) is 6.42 Å². The van der Waals surface area contributed by atoms with Crippen molar-refractivity contribution in [2.75, 3.05) is 7.11 Å². The van der Waals surface area contributed by atoms with Gasteiger partial charge in [0.15, 0.2) is 6.10 Å². The molecule has 142 valence electrons. The van der Waals surface area contributed by atoms with Gasteiger partial charge in [0.05, 0.1) is 7.11 Å². The average molecular weight is 344 g/mol. The molecule has 5 nitrogen and oxygen atoms in total. The van der Waals surface area contributed by atoms with E-state index >= 15 is 0 Å². The first-order chi connectivity index (χ1) is 11.4. The van der Waals surface area contributed by atoms with Gasteiger partial charge in [-0.2, -0.15) is 0 Å². The Morgan fingerprint density at radius 1 is 0.917 bits per heavy atom. The highest BCUT2D eigenvalue weighted by Crippen LogP contribution is 2.15.